The van der Waals surface area contributed by atoms with Crippen molar-refractivity contribution < 1.29 is 28.6 Å². The highest BCUT2D eigenvalue weighted by Crippen LogP contribution is 2.30. The summed E-state index contributed by atoms with van der Waals surface area (Å²) in [7, 11) is 3.04. The molecule has 2 amide bonds. The molecule has 1 fully saturated rings. The molecule has 0 spiro atoms. The molecule has 8 heteroatoms. The van der Waals surface area contributed by atoms with Crippen molar-refractivity contribution >= 4 is 17.8 Å². The molecule has 0 unspecified atom stereocenters. The third-order valence-corrected chi connectivity index (χ3v) is 5.12. The molecular weight excluding hydrogens is 400 g/mol. The van der Waals surface area contributed by atoms with E-state index in [1.165, 1.54) is 27.2 Å². The zero-order valence-corrected chi connectivity index (χ0v) is 17.8. The van der Waals surface area contributed by atoms with Crippen molar-refractivity contribution in [1.29, 1.82) is 0 Å². The average molecular weight is 426 g/mol. The lowest BCUT2D eigenvalue weighted by Crippen LogP contribution is -2.46. The Bertz CT molecular complexity index is 944. The molecule has 1 N–H and O–H groups in total. The van der Waals surface area contributed by atoms with Crippen LogP contribution in [0.5, 0.6) is 17.2 Å². The third kappa shape index (κ3) is 5.33. The summed E-state index contributed by atoms with van der Waals surface area (Å²) in [6.45, 7) is 2.30. The highest BCUT2D eigenvalue weighted by atomic mass is 16.5. The lowest BCUT2D eigenvalue weighted by atomic mass is 10.0. The van der Waals surface area contributed by atoms with Crippen LogP contribution in [-0.4, -0.2) is 56.0 Å². The van der Waals surface area contributed by atoms with Crippen molar-refractivity contribution in [3.63, 3.8) is 0 Å². The maximum absolute atomic E-state index is 13.1. The predicted octanol–water partition coefficient (Wildman–Crippen LogP) is 2.66. The fourth-order valence-electron chi connectivity index (χ4n) is 3.58. The van der Waals surface area contributed by atoms with Crippen LogP contribution in [0.2, 0.25) is 0 Å². The van der Waals surface area contributed by atoms with Crippen LogP contribution in [0.4, 0.5) is 0 Å². The van der Waals surface area contributed by atoms with Crippen molar-refractivity contribution in [3.05, 3.63) is 53.6 Å². The summed E-state index contributed by atoms with van der Waals surface area (Å²) in [6.07, 6.45) is 1.25. The number of esters is 1. The normalized spacial score (nSPS) is 14.0. The van der Waals surface area contributed by atoms with Crippen LogP contribution in [0.25, 0.3) is 0 Å². The van der Waals surface area contributed by atoms with Crippen molar-refractivity contribution in [2.75, 3.05) is 27.3 Å². The topological polar surface area (TPSA) is 94.2 Å². The Morgan fingerprint density at radius 3 is 2.16 bits per heavy atom. The number of hydrogen-bond acceptors (Lipinski definition) is 6. The minimum atomic E-state index is -0.443. The van der Waals surface area contributed by atoms with Crippen molar-refractivity contribution in [1.82, 2.24) is 10.2 Å². The number of carbonyl (C=O) groups is 3. The Morgan fingerprint density at radius 1 is 0.968 bits per heavy atom. The minimum absolute atomic E-state index is 0.0616. The monoisotopic (exact) mass is 426 g/mol. The molecule has 1 heterocycles. The molecule has 8 nitrogen and oxygen atoms in total. The Balaban J connectivity index is 1.61. The minimum Gasteiger partial charge on any atom is -0.496 e. The Labute approximate surface area is 181 Å². The van der Waals surface area contributed by atoms with Crippen molar-refractivity contribution in [2.24, 2.45) is 0 Å². The molecule has 164 valence electrons. The molecule has 1 aliphatic rings. The van der Waals surface area contributed by atoms with E-state index in [0.717, 1.165) is 0 Å². The van der Waals surface area contributed by atoms with Crippen LogP contribution >= 0.6 is 0 Å². The van der Waals surface area contributed by atoms with Crippen LogP contribution in [-0.2, 0) is 4.79 Å². The summed E-state index contributed by atoms with van der Waals surface area (Å²) in [5.74, 6) is 0.408. The van der Waals surface area contributed by atoms with Crippen molar-refractivity contribution in [2.45, 2.75) is 25.8 Å². The summed E-state index contributed by atoms with van der Waals surface area (Å²) >= 11 is 0. The van der Waals surface area contributed by atoms with Gasteiger partial charge >= 0.3 is 5.97 Å². The first-order valence-electron chi connectivity index (χ1n) is 10.0. The second-order valence-corrected chi connectivity index (χ2v) is 7.20. The van der Waals surface area contributed by atoms with Gasteiger partial charge in [0, 0.05) is 31.6 Å². The number of hydrogen-bond donors (Lipinski definition) is 1. The number of likely N-dealkylation sites (tertiary alicyclic amines) is 1. The molecule has 0 saturated carbocycles. The van der Waals surface area contributed by atoms with Gasteiger partial charge in [0.1, 0.15) is 22.8 Å². The molecule has 0 aromatic heterocycles. The first-order valence-corrected chi connectivity index (χ1v) is 10.0. The quantitative estimate of drug-likeness (QED) is 0.564. The first kappa shape index (κ1) is 22.1. The molecule has 0 bridgehead atoms. The zero-order chi connectivity index (χ0) is 22.4. The smallest absolute Gasteiger partial charge is 0.308 e. The first-order chi connectivity index (χ1) is 14.9. The number of carbonyl (C=O) groups excluding carboxylic acids is 3. The number of amides is 2. The van der Waals surface area contributed by atoms with Gasteiger partial charge in [-0.15, -0.1) is 0 Å². The van der Waals surface area contributed by atoms with E-state index in [1.807, 2.05) is 0 Å². The molecule has 31 heavy (non-hydrogen) atoms. The second-order valence-electron chi connectivity index (χ2n) is 7.20. The third-order valence-electron chi connectivity index (χ3n) is 5.12. The van der Waals surface area contributed by atoms with E-state index in [4.69, 9.17) is 14.2 Å². The summed E-state index contributed by atoms with van der Waals surface area (Å²) < 4.78 is 15.7. The Morgan fingerprint density at radius 2 is 1.58 bits per heavy atom. The molecule has 2 aromatic rings. The molecule has 0 aliphatic carbocycles. The SMILES string of the molecule is COc1cccc(OC)c1C(=O)N1CCC(NC(=O)c2cccc(OC(C)=O)c2)CC1. The van der Waals surface area contributed by atoms with E-state index in [2.05, 4.69) is 5.32 Å². The molecule has 3 rings (SSSR count). The lowest BCUT2D eigenvalue weighted by molar-refractivity contribution is -0.131. The van der Waals surface area contributed by atoms with Gasteiger partial charge in [-0.25, -0.2) is 0 Å². The lowest BCUT2D eigenvalue weighted by Gasteiger charge is -2.33. The van der Waals surface area contributed by atoms with Crippen LogP contribution in [0.1, 0.15) is 40.5 Å². The number of nitrogens with zero attached hydrogens (tertiary/aromatic N) is 1. The van der Waals surface area contributed by atoms with E-state index in [0.29, 0.717) is 54.3 Å². The predicted molar refractivity (Wildman–Crippen MR) is 114 cm³/mol. The van der Waals surface area contributed by atoms with Gasteiger partial charge in [-0.1, -0.05) is 12.1 Å². The van der Waals surface area contributed by atoms with Crippen LogP contribution in [0.15, 0.2) is 42.5 Å². The molecule has 1 saturated heterocycles. The van der Waals surface area contributed by atoms with Gasteiger partial charge in [-0.05, 0) is 43.2 Å². The number of nitrogens with one attached hydrogen (secondary N) is 1. The standard InChI is InChI=1S/C23H26N2O6/c1-15(26)31-18-7-4-6-16(14-18)22(27)24-17-10-12-25(13-11-17)23(28)21-19(29-2)8-5-9-20(21)30-3/h4-9,14,17H,10-13H2,1-3H3,(H,24,27). The van der Waals surface area contributed by atoms with Gasteiger partial charge in [0.05, 0.1) is 14.2 Å². The van der Waals surface area contributed by atoms with E-state index in [9.17, 15) is 14.4 Å². The van der Waals surface area contributed by atoms with E-state index >= 15 is 0 Å². The molecule has 0 atom stereocenters. The van der Waals surface area contributed by atoms with Gasteiger partial charge in [-0.2, -0.15) is 0 Å². The molecule has 1 aliphatic heterocycles. The van der Waals surface area contributed by atoms with Gasteiger partial charge in [-0.3, -0.25) is 14.4 Å². The highest BCUT2D eigenvalue weighted by molar-refractivity contribution is 6.00. The average Bonchev–Trinajstić information content (AvgIpc) is 2.78. The molecule has 2 aromatic carbocycles. The van der Waals surface area contributed by atoms with Crippen LogP contribution in [0.3, 0.4) is 0 Å². The molecular formula is C23H26N2O6. The van der Waals surface area contributed by atoms with E-state index in [-0.39, 0.29) is 17.9 Å². The number of ether oxygens (including phenoxy) is 3. The van der Waals surface area contributed by atoms with Crippen LogP contribution < -0.4 is 19.5 Å². The van der Waals surface area contributed by atoms with Gasteiger partial charge in [0.25, 0.3) is 11.8 Å². The maximum Gasteiger partial charge on any atom is 0.308 e. The fourth-order valence-corrected chi connectivity index (χ4v) is 3.58. The number of benzene rings is 2. The van der Waals surface area contributed by atoms with Gasteiger partial charge in [0.2, 0.25) is 0 Å². The summed E-state index contributed by atoms with van der Waals surface area (Å²) in [4.78, 5) is 38.5. The Hall–Kier alpha value is -3.55. The highest BCUT2D eigenvalue weighted by Gasteiger charge is 2.28. The number of rotatable bonds is 6. The summed E-state index contributed by atoms with van der Waals surface area (Å²) in [5.41, 5.74) is 0.813. The second kappa shape index (κ2) is 9.97. The number of piperidine rings is 1. The largest absolute Gasteiger partial charge is 0.496 e. The van der Waals surface area contributed by atoms with E-state index < -0.39 is 5.97 Å². The summed E-state index contributed by atoms with van der Waals surface area (Å²) in [6, 6.07) is 11.6. The van der Waals surface area contributed by atoms with Crippen LogP contribution in [0, 0.1) is 0 Å². The van der Waals surface area contributed by atoms with E-state index in [1.54, 1.807) is 41.3 Å². The number of methoxy groups -OCH3 is 2. The Kier molecular flexibility index (Phi) is 7.12. The molecule has 0 radical (unpaired) electrons. The zero-order valence-electron chi connectivity index (χ0n) is 17.8. The maximum atomic E-state index is 13.1. The van der Waals surface area contributed by atoms with Gasteiger partial charge < -0.3 is 24.4 Å². The summed E-state index contributed by atoms with van der Waals surface area (Å²) in [5, 5.41) is 2.99. The fraction of sp³-hybridized carbons (Fsp3) is 0.348. The van der Waals surface area contributed by atoms with Crippen molar-refractivity contribution in [3.8, 4) is 17.2 Å². The van der Waals surface area contributed by atoms with Gasteiger partial charge in [0.15, 0.2) is 0 Å².